The summed E-state index contributed by atoms with van der Waals surface area (Å²) in [6.07, 6.45) is 0.775. The Morgan fingerprint density at radius 3 is 2.60 bits per heavy atom. The standard InChI is InChI=1S/C17H24N4O2S.HI/c1-11(2)16-20-13(10-24-16)7-8-19-17(18)21-12-5-6-14(22-3)15(9-12)23-4;/h5-6,9-11H,7-8H2,1-4H3,(H3,18,19,21);1H. The maximum Gasteiger partial charge on any atom is 0.193 e. The summed E-state index contributed by atoms with van der Waals surface area (Å²) in [6.45, 7) is 4.88. The molecule has 1 aromatic carbocycles. The molecule has 2 rings (SSSR count). The highest BCUT2D eigenvalue weighted by atomic mass is 127. The second-order valence-corrected chi connectivity index (χ2v) is 6.43. The number of methoxy groups -OCH3 is 2. The highest BCUT2D eigenvalue weighted by Crippen LogP contribution is 2.29. The van der Waals surface area contributed by atoms with Crippen molar-refractivity contribution in [2.45, 2.75) is 26.2 Å². The Morgan fingerprint density at radius 2 is 2.00 bits per heavy atom. The van der Waals surface area contributed by atoms with Gasteiger partial charge in [-0.1, -0.05) is 13.8 Å². The molecule has 8 heteroatoms. The summed E-state index contributed by atoms with van der Waals surface area (Å²) in [5, 5.41) is 6.30. The van der Waals surface area contributed by atoms with E-state index < -0.39 is 0 Å². The maximum absolute atomic E-state index is 5.93. The number of aliphatic imine (C=N–C) groups is 1. The lowest BCUT2D eigenvalue weighted by Gasteiger charge is -2.10. The number of anilines is 1. The number of aromatic nitrogens is 1. The van der Waals surface area contributed by atoms with Gasteiger partial charge >= 0.3 is 0 Å². The van der Waals surface area contributed by atoms with Gasteiger partial charge in [0.15, 0.2) is 17.5 Å². The van der Waals surface area contributed by atoms with Gasteiger partial charge in [-0.15, -0.1) is 35.3 Å². The van der Waals surface area contributed by atoms with Gasteiger partial charge < -0.3 is 20.5 Å². The summed E-state index contributed by atoms with van der Waals surface area (Å²) in [5.74, 6) is 2.13. The molecule has 0 saturated heterocycles. The molecule has 0 unspecified atom stereocenters. The van der Waals surface area contributed by atoms with Crippen LogP contribution < -0.4 is 20.5 Å². The molecule has 0 bridgehead atoms. The van der Waals surface area contributed by atoms with Crippen LogP contribution in [-0.2, 0) is 6.42 Å². The number of nitrogens with one attached hydrogen (secondary N) is 1. The molecule has 0 atom stereocenters. The minimum Gasteiger partial charge on any atom is -0.493 e. The van der Waals surface area contributed by atoms with Crippen LogP contribution in [0.1, 0.15) is 30.5 Å². The first-order valence-corrected chi connectivity index (χ1v) is 8.64. The average Bonchev–Trinajstić information content (AvgIpc) is 3.04. The third-order valence-electron chi connectivity index (χ3n) is 3.37. The zero-order valence-corrected chi connectivity index (χ0v) is 18.1. The first-order valence-electron chi connectivity index (χ1n) is 7.76. The monoisotopic (exact) mass is 476 g/mol. The summed E-state index contributed by atoms with van der Waals surface area (Å²) in [4.78, 5) is 8.93. The van der Waals surface area contributed by atoms with Gasteiger partial charge in [0.1, 0.15) is 0 Å². The maximum atomic E-state index is 5.93. The molecule has 0 aliphatic heterocycles. The summed E-state index contributed by atoms with van der Waals surface area (Å²) in [5.41, 5.74) is 7.79. The van der Waals surface area contributed by atoms with E-state index in [4.69, 9.17) is 15.2 Å². The van der Waals surface area contributed by atoms with E-state index in [0.29, 0.717) is 29.9 Å². The van der Waals surface area contributed by atoms with E-state index in [9.17, 15) is 0 Å². The van der Waals surface area contributed by atoms with Crippen molar-refractivity contribution in [2.24, 2.45) is 10.7 Å². The van der Waals surface area contributed by atoms with E-state index in [1.165, 1.54) is 0 Å². The molecule has 0 aliphatic rings. The molecule has 1 heterocycles. The Balaban J connectivity index is 0.00000312. The molecular formula is C17H25IN4O2S. The van der Waals surface area contributed by atoms with Crippen LogP contribution in [0.25, 0.3) is 0 Å². The van der Waals surface area contributed by atoms with E-state index in [0.717, 1.165) is 22.8 Å². The Bertz CT molecular complexity index is 704. The fraction of sp³-hybridized carbons (Fsp3) is 0.412. The van der Waals surface area contributed by atoms with Crippen molar-refractivity contribution in [3.8, 4) is 11.5 Å². The molecule has 6 nitrogen and oxygen atoms in total. The fourth-order valence-electron chi connectivity index (χ4n) is 2.09. The molecule has 0 fully saturated rings. The van der Waals surface area contributed by atoms with E-state index in [2.05, 4.69) is 34.5 Å². The third kappa shape index (κ3) is 6.35. The predicted octanol–water partition coefficient (Wildman–Crippen LogP) is 3.87. The Morgan fingerprint density at radius 1 is 1.28 bits per heavy atom. The second-order valence-electron chi connectivity index (χ2n) is 5.54. The van der Waals surface area contributed by atoms with Crippen LogP contribution in [0.5, 0.6) is 11.5 Å². The van der Waals surface area contributed by atoms with Crippen molar-refractivity contribution >= 4 is 47.0 Å². The van der Waals surface area contributed by atoms with Gasteiger partial charge in [-0.3, -0.25) is 4.99 Å². The number of hydrogen-bond donors (Lipinski definition) is 2. The van der Waals surface area contributed by atoms with Crippen LogP contribution in [-0.4, -0.2) is 31.7 Å². The molecule has 0 saturated carbocycles. The number of thiazole rings is 1. The predicted molar refractivity (Wildman–Crippen MR) is 115 cm³/mol. The normalized spacial score (nSPS) is 11.2. The van der Waals surface area contributed by atoms with Gasteiger partial charge in [-0.2, -0.15) is 0 Å². The average molecular weight is 476 g/mol. The summed E-state index contributed by atoms with van der Waals surface area (Å²) < 4.78 is 10.5. The molecule has 138 valence electrons. The number of guanidine groups is 1. The number of nitrogens with zero attached hydrogens (tertiary/aromatic N) is 2. The second kappa shape index (κ2) is 10.4. The molecule has 0 amide bonds. The minimum atomic E-state index is 0. The number of ether oxygens (including phenoxy) is 2. The molecule has 0 aliphatic carbocycles. The van der Waals surface area contributed by atoms with Crippen molar-refractivity contribution < 1.29 is 9.47 Å². The Labute approximate surface area is 169 Å². The SMILES string of the molecule is COc1ccc(NC(N)=NCCc2csc(C(C)C)n2)cc1OC.I. The first-order chi connectivity index (χ1) is 11.5. The molecule has 0 radical (unpaired) electrons. The number of nitrogens with two attached hydrogens (primary N) is 1. The largest absolute Gasteiger partial charge is 0.493 e. The molecule has 3 N–H and O–H groups in total. The summed E-state index contributed by atoms with van der Waals surface area (Å²) >= 11 is 1.69. The van der Waals surface area contributed by atoms with Crippen LogP contribution in [0.4, 0.5) is 5.69 Å². The van der Waals surface area contributed by atoms with Crippen molar-refractivity contribution in [1.29, 1.82) is 0 Å². The van der Waals surface area contributed by atoms with Crippen LogP contribution in [0.15, 0.2) is 28.6 Å². The fourth-order valence-corrected chi connectivity index (χ4v) is 2.96. The van der Waals surface area contributed by atoms with E-state index >= 15 is 0 Å². The summed E-state index contributed by atoms with van der Waals surface area (Å²) in [7, 11) is 3.20. The zero-order valence-electron chi connectivity index (χ0n) is 14.9. The molecular weight excluding hydrogens is 451 g/mol. The number of hydrogen-bond acceptors (Lipinski definition) is 5. The third-order valence-corrected chi connectivity index (χ3v) is 4.56. The van der Waals surface area contributed by atoms with E-state index in [1.54, 1.807) is 25.6 Å². The van der Waals surface area contributed by atoms with Gasteiger partial charge in [-0.25, -0.2) is 4.98 Å². The zero-order chi connectivity index (χ0) is 17.5. The lowest BCUT2D eigenvalue weighted by atomic mass is 10.2. The van der Waals surface area contributed by atoms with Gasteiger partial charge in [-0.05, 0) is 12.1 Å². The van der Waals surface area contributed by atoms with Crippen LogP contribution >= 0.6 is 35.3 Å². The van der Waals surface area contributed by atoms with Crippen molar-refractivity contribution in [1.82, 2.24) is 4.98 Å². The van der Waals surface area contributed by atoms with E-state index in [1.807, 2.05) is 18.2 Å². The minimum absolute atomic E-state index is 0. The number of benzene rings is 1. The van der Waals surface area contributed by atoms with Gasteiger partial charge in [0.25, 0.3) is 0 Å². The number of rotatable bonds is 7. The van der Waals surface area contributed by atoms with Gasteiger partial charge in [0.05, 0.1) is 24.9 Å². The van der Waals surface area contributed by atoms with Crippen LogP contribution in [0, 0.1) is 0 Å². The van der Waals surface area contributed by atoms with Crippen LogP contribution in [0.3, 0.4) is 0 Å². The molecule has 1 aromatic heterocycles. The highest BCUT2D eigenvalue weighted by Gasteiger charge is 2.06. The Kier molecular flexibility index (Phi) is 8.98. The number of halogens is 1. The quantitative estimate of drug-likeness (QED) is 0.360. The first kappa shape index (κ1) is 21.5. The highest BCUT2D eigenvalue weighted by molar-refractivity contribution is 14.0. The van der Waals surface area contributed by atoms with Crippen LogP contribution in [0.2, 0.25) is 0 Å². The molecule has 25 heavy (non-hydrogen) atoms. The topological polar surface area (TPSA) is 81.8 Å². The van der Waals surface area contributed by atoms with E-state index in [-0.39, 0.29) is 24.0 Å². The smallest absolute Gasteiger partial charge is 0.193 e. The summed E-state index contributed by atoms with van der Waals surface area (Å²) in [6, 6.07) is 5.49. The van der Waals surface area contributed by atoms with Crippen molar-refractivity contribution in [3.63, 3.8) is 0 Å². The lowest BCUT2D eigenvalue weighted by molar-refractivity contribution is 0.355. The van der Waals surface area contributed by atoms with Crippen molar-refractivity contribution in [2.75, 3.05) is 26.1 Å². The molecule has 0 spiro atoms. The van der Waals surface area contributed by atoms with Gasteiger partial charge in [0.2, 0.25) is 0 Å². The Hall–Kier alpha value is -1.55. The van der Waals surface area contributed by atoms with Crippen molar-refractivity contribution in [3.05, 3.63) is 34.3 Å². The molecule has 2 aromatic rings. The van der Waals surface area contributed by atoms with Gasteiger partial charge in [0, 0.05) is 36.0 Å². The lowest BCUT2D eigenvalue weighted by Crippen LogP contribution is -2.23.